The molecule has 2 heterocycles. The lowest BCUT2D eigenvalue weighted by Crippen LogP contribution is -2.49. The summed E-state index contributed by atoms with van der Waals surface area (Å²) in [6.07, 6.45) is 2.71. The Bertz CT molecular complexity index is 919. The normalized spacial score (nSPS) is 19.1. The molecule has 168 valence electrons. The Balaban J connectivity index is 1.55. The van der Waals surface area contributed by atoms with Gasteiger partial charge in [0.2, 0.25) is 0 Å². The molecule has 1 aliphatic rings. The summed E-state index contributed by atoms with van der Waals surface area (Å²) < 4.78 is 31.0. The van der Waals surface area contributed by atoms with Gasteiger partial charge in [0.05, 0.1) is 5.69 Å². The molecule has 1 aromatic carbocycles. The van der Waals surface area contributed by atoms with E-state index in [1.54, 1.807) is 29.3 Å². The van der Waals surface area contributed by atoms with Crippen LogP contribution in [0.1, 0.15) is 46.2 Å². The number of benzene rings is 1. The van der Waals surface area contributed by atoms with Crippen molar-refractivity contribution in [1.82, 2.24) is 9.88 Å². The Hall–Kier alpha value is -2.54. The number of hydrogen-bond acceptors (Lipinski definition) is 5. The van der Waals surface area contributed by atoms with Crippen LogP contribution in [0.3, 0.4) is 0 Å². The van der Waals surface area contributed by atoms with Crippen molar-refractivity contribution in [3.8, 4) is 11.5 Å². The van der Waals surface area contributed by atoms with E-state index in [0.717, 1.165) is 0 Å². The number of rotatable bonds is 5. The molecule has 0 saturated carbocycles. The van der Waals surface area contributed by atoms with Crippen LogP contribution in [0.25, 0.3) is 0 Å². The first-order valence-electron chi connectivity index (χ1n) is 10.3. The number of hydrogen-bond donors (Lipinski definition) is 0. The second kappa shape index (κ2) is 9.73. The Morgan fingerprint density at radius 3 is 2.74 bits per heavy atom. The Kier molecular flexibility index (Phi) is 7.26. The summed E-state index contributed by atoms with van der Waals surface area (Å²) in [4.78, 5) is 18.4. The highest BCUT2D eigenvalue weighted by molar-refractivity contribution is 6.30. The summed E-state index contributed by atoms with van der Waals surface area (Å²) in [6, 6.07) is 7.81. The van der Waals surface area contributed by atoms with Gasteiger partial charge in [0, 0.05) is 42.7 Å². The van der Waals surface area contributed by atoms with E-state index in [1.807, 2.05) is 27.7 Å². The van der Waals surface area contributed by atoms with Crippen LogP contribution in [0, 0.1) is 5.82 Å². The number of nitrogens with zero attached hydrogens (tertiary/aromatic N) is 2. The summed E-state index contributed by atoms with van der Waals surface area (Å²) in [5, 5.41) is 0.310. The maximum absolute atomic E-state index is 13.9. The van der Waals surface area contributed by atoms with Gasteiger partial charge in [-0.15, -0.1) is 0 Å². The maximum atomic E-state index is 13.9. The van der Waals surface area contributed by atoms with E-state index in [1.165, 1.54) is 12.1 Å². The third kappa shape index (κ3) is 6.72. The SMILES string of the molecule is C[C@H]1C[C@@H](Oc2ccnc(COc3ccc(Cl)cc3F)c2)CCN1C(=O)OC(C)(C)C. The molecule has 1 saturated heterocycles. The lowest BCUT2D eigenvalue weighted by atomic mass is 10.0. The van der Waals surface area contributed by atoms with Gasteiger partial charge in [0.25, 0.3) is 0 Å². The Labute approximate surface area is 187 Å². The molecule has 0 aliphatic carbocycles. The third-order valence-electron chi connectivity index (χ3n) is 4.82. The minimum Gasteiger partial charge on any atom is -0.490 e. The molecule has 2 atom stereocenters. The fraction of sp³-hybridized carbons (Fsp3) is 0.478. The third-order valence-corrected chi connectivity index (χ3v) is 5.05. The Morgan fingerprint density at radius 2 is 2.06 bits per heavy atom. The first-order chi connectivity index (χ1) is 14.6. The number of halogens is 2. The molecule has 0 unspecified atom stereocenters. The highest BCUT2D eigenvalue weighted by Crippen LogP contribution is 2.26. The molecule has 0 radical (unpaired) electrons. The van der Waals surface area contributed by atoms with Crippen LogP contribution in [0.15, 0.2) is 36.5 Å². The van der Waals surface area contributed by atoms with Crippen LogP contribution >= 0.6 is 11.6 Å². The number of carbonyl (C=O) groups is 1. The van der Waals surface area contributed by atoms with Gasteiger partial charge in [-0.25, -0.2) is 9.18 Å². The van der Waals surface area contributed by atoms with Gasteiger partial charge in [-0.1, -0.05) is 11.6 Å². The first-order valence-corrected chi connectivity index (χ1v) is 10.7. The van der Waals surface area contributed by atoms with E-state index in [2.05, 4.69) is 4.98 Å². The smallest absolute Gasteiger partial charge is 0.410 e. The second-order valence-electron chi connectivity index (χ2n) is 8.63. The topological polar surface area (TPSA) is 60.9 Å². The fourth-order valence-electron chi connectivity index (χ4n) is 3.37. The largest absolute Gasteiger partial charge is 0.490 e. The number of aromatic nitrogens is 1. The molecular weight excluding hydrogens is 423 g/mol. The second-order valence-corrected chi connectivity index (χ2v) is 9.07. The molecule has 2 aromatic rings. The van der Waals surface area contributed by atoms with Crippen molar-refractivity contribution in [2.45, 2.75) is 64.9 Å². The lowest BCUT2D eigenvalue weighted by molar-refractivity contribution is -0.00105. The van der Waals surface area contributed by atoms with E-state index in [0.29, 0.717) is 35.9 Å². The van der Waals surface area contributed by atoms with Crippen LogP contribution in [-0.2, 0) is 11.3 Å². The summed E-state index contributed by atoms with van der Waals surface area (Å²) >= 11 is 5.76. The van der Waals surface area contributed by atoms with Crippen LogP contribution in [-0.4, -0.2) is 40.3 Å². The zero-order chi connectivity index (χ0) is 22.6. The number of ether oxygens (including phenoxy) is 3. The summed E-state index contributed by atoms with van der Waals surface area (Å²) in [6.45, 7) is 8.24. The van der Waals surface area contributed by atoms with E-state index < -0.39 is 11.4 Å². The standard InChI is InChI=1S/C23H28ClFN2O4/c1-15-11-19(8-10-27(15)22(28)31-23(2,3)4)30-18-7-9-26-17(13-18)14-29-21-6-5-16(24)12-20(21)25/h5-7,9,12-13,15,19H,8,10-11,14H2,1-4H3/t15-,19-/m0/s1. The molecule has 8 heteroatoms. The molecule has 1 aliphatic heterocycles. The monoisotopic (exact) mass is 450 g/mol. The number of amides is 1. The van der Waals surface area contributed by atoms with Crippen LogP contribution in [0.4, 0.5) is 9.18 Å². The zero-order valence-corrected chi connectivity index (χ0v) is 19.0. The first kappa shape index (κ1) is 23.1. The molecule has 0 N–H and O–H groups in total. The van der Waals surface area contributed by atoms with Gasteiger partial charge in [-0.3, -0.25) is 4.98 Å². The fourth-order valence-corrected chi connectivity index (χ4v) is 3.53. The molecule has 3 rings (SSSR count). The maximum Gasteiger partial charge on any atom is 0.410 e. The number of carbonyl (C=O) groups excluding carboxylic acids is 1. The summed E-state index contributed by atoms with van der Waals surface area (Å²) in [5.41, 5.74) is 0.0975. The predicted octanol–water partition coefficient (Wildman–Crippen LogP) is 5.62. The number of likely N-dealkylation sites (tertiary alicyclic amines) is 1. The zero-order valence-electron chi connectivity index (χ0n) is 18.2. The van der Waals surface area contributed by atoms with Gasteiger partial charge in [0.15, 0.2) is 11.6 Å². The summed E-state index contributed by atoms with van der Waals surface area (Å²) in [5.74, 6) is 0.250. The molecule has 0 spiro atoms. The molecule has 31 heavy (non-hydrogen) atoms. The lowest BCUT2D eigenvalue weighted by Gasteiger charge is -2.38. The van der Waals surface area contributed by atoms with Crippen molar-refractivity contribution >= 4 is 17.7 Å². The minimum atomic E-state index is -0.523. The highest BCUT2D eigenvalue weighted by atomic mass is 35.5. The molecular formula is C23H28ClFN2O4. The minimum absolute atomic E-state index is 0.00567. The van der Waals surface area contributed by atoms with Gasteiger partial charge < -0.3 is 19.1 Å². The highest BCUT2D eigenvalue weighted by Gasteiger charge is 2.32. The van der Waals surface area contributed by atoms with Gasteiger partial charge in [-0.2, -0.15) is 0 Å². The predicted molar refractivity (Wildman–Crippen MR) is 116 cm³/mol. The van der Waals surface area contributed by atoms with Crippen molar-refractivity contribution in [2.24, 2.45) is 0 Å². The van der Waals surface area contributed by atoms with Crippen LogP contribution < -0.4 is 9.47 Å². The van der Waals surface area contributed by atoms with Gasteiger partial charge in [-0.05, 0) is 52.0 Å². The number of pyridine rings is 1. The Morgan fingerprint density at radius 1 is 1.29 bits per heavy atom. The van der Waals surface area contributed by atoms with Crippen molar-refractivity contribution in [1.29, 1.82) is 0 Å². The van der Waals surface area contributed by atoms with Crippen molar-refractivity contribution in [3.05, 3.63) is 53.1 Å². The quantitative estimate of drug-likeness (QED) is 0.591. The van der Waals surface area contributed by atoms with Gasteiger partial charge >= 0.3 is 6.09 Å². The van der Waals surface area contributed by atoms with Crippen molar-refractivity contribution in [2.75, 3.05) is 6.54 Å². The van der Waals surface area contributed by atoms with E-state index in [9.17, 15) is 9.18 Å². The van der Waals surface area contributed by atoms with E-state index >= 15 is 0 Å². The van der Waals surface area contributed by atoms with Crippen LogP contribution in [0.5, 0.6) is 11.5 Å². The molecule has 1 amide bonds. The molecule has 6 nitrogen and oxygen atoms in total. The summed E-state index contributed by atoms with van der Waals surface area (Å²) in [7, 11) is 0. The van der Waals surface area contributed by atoms with Crippen molar-refractivity contribution < 1.29 is 23.4 Å². The van der Waals surface area contributed by atoms with E-state index in [-0.39, 0.29) is 30.6 Å². The average Bonchev–Trinajstić information content (AvgIpc) is 2.66. The average molecular weight is 451 g/mol. The van der Waals surface area contributed by atoms with Crippen molar-refractivity contribution in [3.63, 3.8) is 0 Å². The van der Waals surface area contributed by atoms with Gasteiger partial charge in [0.1, 0.15) is 24.1 Å². The van der Waals surface area contributed by atoms with Crippen LogP contribution in [0.2, 0.25) is 5.02 Å². The molecule has 0 bridgehead atoms. The van der Waals surface area contributed by atoms with E-state index in [4.69, 9.17) is 25.8 Å². The molecule has 1 fully saturated rings. The molecule has 1 aromatic heterocycles. The number of piperidine rings is 1.